The second kappa shape index (κ2) is 10.5. The van der Waals surface area contributed by atoms with E-state index in [0.29, 0.717) is 41.4 Å². The molecule has 1 aromatic carbocycles. The Morgan fingerprint density at radius 2 is 1.98 bits per heavy atom. The predicted octanol–water partition coefficient (Wildman–Crippen LogP) is 5.27. The molecule has 2 aliphatic rings. The van der Waals surface area contributed by atoms with Crippen molar-refractivity contribution >= 4 is 34.3 Å². The lowest BCUT2D eigenvalue weighted by Crippen LogP contribution is -2.21. The molecular formula is C27H30F2N8O3. The first-order chi connectivity index (χ1) is 19.3. The maximum Gasteiger partial charge on any atom is 0.295 e. The fraction of sp³-hybridized carbons (Fsp3) is 0.444. The van der Waals surface area contributed by atoms with Crippen molar-refractivity contribution in [1.82, 2.24) is 29.5 Å². The lowest BCUT2D eigenvalue weighted by Gasteiger charge is -2.25. The van der Waals surface area contributed by atoms with Gasteiger partial charge in [-0.25, -0.2) is 18.7 Å². The summed E-state index contributed by atoms with van der Waals surface area (Å²) >= 11 is 0. The smallest absolute Gasteiger partial charge is 0.295 e. The summed E-state index contributed by atoms with van der Waals surface area (Å²) in [6, 6.07) is 7.12. The first kappa shape index (κ1) is 26.1. The minimum Gasteiger partial charge on any atom is -0.494 e. The van der Waals surface area contributed by atoms with Crippen LogP contribution in [0.1, 0.15) is 56.3 Å². The third-order valence-corrected chi connectivity index (χ3v) is 7.14. The number of anilines is 3. The monoisotopic (exact) mass is 552 g/mol. The molecule has 4 aromatic rings. The van der Waals surface area contributed by atoms with Gasteiger partial charge in [-0.3, -0.25) is 9.36 Å². The molecule has 0 spiro atoms. The fourth-order valence-corrected chi connectivity index (χ4v) is 5.12. The number of para-hydroxylation sites is 1. The average Bonchev–Trinajstić information content (AvgIpc) is 3.64. The second-order valence-electron chi connectivity index (χ2n) is 10.1. The lowest BCUT2D eigenvalue weighted by atomic mass is 10.1. The molecular weight excluding hydrogens is 522 g/mol. The molecule has 1 aliphatic carbocycles. The molecule has 0 radical (unpaired) electrons. The molecule has 11 nitrogen and oxygen atoms in total. The minimum atomic E-state index is -2.85. The fourth-order valence-electron chi connectivity index (χ4n) is 5.12. The third-order valence-electron chi connectivity index (χ3n) is 7.14. The predicted molar refractivity (Wildman–Crippen MR) is 144 cm³/mol. The van der Waals surface area contributed by atoms with Gasteiger partial charge in [0.15, 0.2) is 17.2 Å². The molecule has 1 saturated heterocycles. The summed E-state index contributed by atoms with van der Waals surface area (Å²) in [6.45, 7) is 2.32. The van der Waals surface area contributed by atoms with Gasteiger partial charge in [0.1, 0.15) is 23.3 Å². The molecule has 210 valence electrons. The topological polar surface area (TPSA) is 121 Å². The minimum absolute atomic E-state index is 0.0656. The molecule has 3 aromatic heterocycles. The van der Waals surface area contributed by atoms with Gasteiger partial charge in [-0.05, 0) is 51.2 Å². The average molecular weight is 553 g/mol. The number of halogens is 2. The Balaban J connectivity index is 1.50. The van der Waals surface area contributed by atoms with Crippen LogP contribution in [0.3, 0.4) is 0 Å². The number of rotatable bonds is 8. The van der Waals surface area contributed by atoms with Gasteiger partial charge in [0, 0.05) is 31.2 Å². The Labute approximate surface area is 228 Å². The summed E-state index contributed by atoms with van der Waals surface area (Å²) in [4.78, 5) is 23.1. The molecule has 1 aliphatic heterocycles. The van der Waals surface area contributed by atoms with Crippen LogP contribution in [-0.4, -0.2) is 49.2 Å². The van der Waals surface area contributed by atoms with Crippen molar-refractivity contribution in [3.63, 3.8) is 0 Å². The molecule has 1 unspecified atom stereocenters. The van der Waals surface area contributed by atoms with Crippen molar-refractivity contribution in [2.75, 3.05) is 24.4 Å². The number of alkyl halides is 2. The number of ether oxygens (including phenoxy) is 2. The standard InChI is InChI=1S/C27H30F2N8O3/c1-14-21(35-36(2)34-14)16-7-6-8-17(23(16)39-3)30-18-13-19(32-27(38)15-10-11-15)31-25-22(18)33-26(24(28)29)37(25)20-9-4-5-12-40-20/h6-8,13,15,20,24H,4-5,9-12H2,1-3H3,(H2,30,31,32,38). The maximum atomic E-state index is 14.3. The highest BCUT2D eigenvalue weighted by molar-refractivity contribution is 5.97. The number of methoxy groups -OCH3 is 1. The zero-order valence-corrected chi connectivity index (χ0v) is 22.4. The highest BCUT2D eigenvalue weighted by Gasteiger charge is 2.32. The van der Waals surface area contributed by atoms with Gasteiger partial charge < -0.3 is 20.1 Å². The Bertz CT molecular complexity index is 1570. The largest absolute Gasteiger partial charge is 0.494 e. The van der Waals surface area contributed by atoms with E-state index in [0.717, 1.165) is 31.4 Å². The second-order valence-corrected chi connectivity index (χ2v) is 10.1. The Morgan fingerprint density at radius 3 is 2.62 bits per heavy atom. The first-order valence-corrected chi connectivity index (χ1v) is 13.3. The van der Waals surface area contributed by atoms with Crippen LogP contribution in [0, 0.1) is 12.8 Å². The molecule has 1 saturated carbocycles. The molecule has 40 heavy (non-hydrogen) atoms. The van der Waals surface area contributed by atoms with Crippen LogP contribution in [0.4, 0.5) is 26.0 Å². The van der Waals surface area contributed by atoms with Crippen molar-refractivity contribution in [3.8, 4) is 17.0 Å². The highest BCUT2D eigenvalue weighted by atomic mass is 19.3. The van der Waals surface area contributed by atoms with Crippen LogP contribution in [0.25, 0.3) is 22.4 Å². The zero-order chi connectivity index (χ0) is 28.0. The summed E-state index contributed by atoms with van der Waals surface area (Å²) in [5.41, 5.74) is 3.47. The number of benzene rings is 1. The van der Waals surface area contributed by atoms with E-state index in [2.05, 4.69) is 30.8 Å². The molecule has 13 heteroatoms. The summed E-state index contributed by atoms with van der Waals surface area (Å²) < 4.78 is 41.6. The molecule has 6 rings (SSSR count). The van der Waals surface area contributed by atoms with Crippen molar-refractivity contribution in [3.05, 3.63) is 35.8 Å². The number of carbonyl (C=O) groups is 1. The van der Waals surface area contributed by atoms with Crippen molar-refractivity contribution in [2.45, 2.75) is 51.7 Å². The van der Waals surface area contributed by atoms with Crippen molar-refractivity contribution < 1.29 is 23.0 Å². The number of amides is 1. The summed E-state index contributed by atoms with van der Waals surface area (Å²) in [6.07, 6.45) is 0.397. The normalized spacial score (nSPS) is 17.4. The molecule has 4 heterocycles. The number of aryl methyl sites for hydroxylation is 2. The van der Waals surface area contributed by atoms with E-state index >= 15 is 0 Å². The van der Waals surface area contributed by atoms with Gasteiger partial charge in [-0.1, -0.05) is 6.07 Å². The lowest BCUT2D eigenvalue weighted by molar-refractivity contribution is -0.117. The van der Waals surface area contributed by atoms with Gasteiger partial charge in [-0.2, -0.15) is 15.0 Å². The first-order valence-electron chi connectivity index (χ1n) is 13.3. The van der Waals surface area contributed by atoms with E-state index in [4.69, 9.17) is 9.47 Å². The molecule has 0 bridgehead atoms. The van der Waals surface area contributed by atoms with E-state index in [-0.39, 0.29) is 28.8 Å². The van der Waals surface area contributed by atoms with Gasteiger partial charge in [0.2, 0.25) is 5.91 Å². The number of aromatic nitrogens is 6. The van der Waals surface area contributed by atoms with Crippen LogP contribution in [0.2, 0.25) is 0 Å². The number of nitrogens with one attached hydrogen (secondary N) is 2. The van der Waals surface area contributed by atoms with Gasteiger partial charge in [0.05, 0.1) is 24.2 Å². The molecule has 1 atom stereocenters. The van der Waals surface area contributed by atoms with Gasteiger partial charge >= 0.3 is 0 Å². The number of hydrogen-bond donors (Lipinski definition) is 2. The zero-order valence-electron chi connectivity index (χ0n) is 22.4. The van der Waals surface area contributed by atoms with Crippen LogP contribution in [0.5, 0.6) is 5.75 Å². The van der Waals surface area contributed by atoms with E-state index in [1.165, 1.54) is 9.36 Å². The van der Waals surface area contributed by atoms with E-state index in [1.807, 2.05) is 19.1 Å². The summed E-state index contributed by atoms with van der Waals surface area (Å²) in [5.74, 6) is 0.0843. The number of carbonyl (C=O) groups excluding carboxylic acids is 1. The van der Waals surface area contributed by atoms with Crippen molar-refractivity contribution in [1.29, 1.82) is 0 Å². The van der Waals surface area contributed by atoms with Crippen LogP contribution in [-0.2, 0) is 16.6 Å². The molecule has 1 amide bonds. The van der Waals surface area contributed by atoms with Crippen molar-refractivity contribution in [2.24, 2.45) is 13.0 Å². The van der Waals surface area contributed by atoms with E-state index in [9.17, 15) is 13.6 Å². The van der Waals surface area contributed by atoms with Crippen LogP contribution >= 0.6 is 0 Å². The number of pyridine rings is 1. The Hall–Kier alpha value is -4.13. The third kappa shape index (κ3) is 4.85. The molecule has 2 fully saturated rings. The van der Waals surface area contributed by atoms with E-state index in [1.54, 1.807) is 26.3 Å². The summed E-state index contributed by atoms with van der Waals surface area (Å²) in [7, 11) is 3.28. The quantitative estimate of drug-likeness (QED) is 0.303. The van der Waals surface area contributed by atoms with E-state index < -0.39 is 18.5 Å². The number of hydrogen-bond acceptors (Lipinski definition) is 8. The van der Waals surface area contributed by atoms with Crippen LogP contribution < -0.4 is 15.4 Å². The molecule has 2 N–H and O–H groups in total. The van der Waals surface area contributed by atoms with Gasteiger partial charge in [-0.15, -0.1) is 0 Å². The Kier molecular flexibility index (Phi) is 6.82. The van der Waals surface area contributed by atoms with Gasteiger partial charge in [0.25, 0.3) is 6.43 Å². The number of fused-ring (bicyclic) bond motifs is 1. The Morgan fingerprint density at radius 1 is 1.15 bits per heavy atom. The maximum absolute atomic E-state index is 14.3. The SMILES string of the molecule is COc1c(Nc2cc(NC(=O)C3CC3)nc3c2nc(C(F)F)n3C2CCCCO2)cccc1-c1nn(C)nc1C. The highest BCUT2D eigenvalue weighted by Crippen LogP contribution is 2.41. The summed E-state index contributed by atoms with van der Waals surface area (Å²) in [5, 5.41) is 15.0. The number of nitrogens with zero attached hydrogens (tertiary/aromatic N) is 6. The number of imidazole rings is 1. The van der Waals surface area contributed by atoms with Crippen LogP contribution in [0.15, 0.2) is 24.3 Å².